The van der Waals surface area contributed by atoms with Crippen molar-refractivity contribution in [2.45, 2.75) is 39.2 Å². The number of rotatable bonds is 5. The van der Waals surface area contributed by atoms with Gasteiger partial charge in [-0.3, -0.25) is 9.59 Å². The normalized spacial score (nSPS) is 16.1. The molecule has 5 heteroatoms. The van der Waals surface area contributed by atoms with Crippen LogP contribution in [0.1, 0.15) is 47.9 Å². The molecule has 5 nitrogen and oxygen atoms in total. The molecule has 0 aliphatic carbocycles. The third-order valence-corrected chi connectivity index (χ3v) is 4.99. The molecule has 1 N–H and O–H groups in total. The zero-order chi connectivity index (χ0) is 19.6. The Morgan fingerprint density at radius 2 is 1.96 bits per heavy atom. The zero-order valence-electron chi connectivity index (χ0n) is 15.9. The standard InChI is InChI=1S/C22H25NO4/c1-14(2)17-9-8-15(3)10-20(17)27-13-21(24)23-11-16-6-4-5-7-18(16)19(12-23)22(25)26/h4-10,14,19H,11-13H2,1-3H3,(H,25,26). The number of aryl methyl sites for hydroxylation is 1. The van der Waals surface area contributed by atoms with Crippen molar-refractivity contribution >= 4 is 11.9 Å². The number of hydrogen-bond acceptors (Lipinski definition) is 3. The largest absolute Gasteiger partial charge is 0.483 e. The minimum absolute atomic E-state index is 0.0995. The number of ether oxygens (including phenoxy) is 1. The van der Waals surface area contributed by atoms with Crippen LogP contribution in [0.2, 0.25) is 0 Å². The quantitative estimate of drug-likeness (QED) is 0.875. The highest BCUT2D eigenvalue weighted by Gasteiger charge is 2.32. The summed E-state index contributed by atoms with van der Waals surface area (Å²) >= 11 is 0. The first kappa shape index (κ1) is 19.0. The highest BCUT2D eigenvalue weighted by atomic mass is 16.5. The van der Waals surface area contributed by atoms with E-state index >= 15 is 0 Å². The summed E-state index contributed by atoms with van der Waals surface area (Å²) in [6.07, 6.45) is 0. The van der Waals surface area contributed by atoms with Crippen molar-refractivity contribution in [3.8, 4) is 5.75 Å². The topological polar surface area (TPSA) is 66.8 Å². The van der Waals surface area contributed by atoms with E-state index in [0.29, 0.717) is 12.3 Å². The Morgan fingerprint density at radius 1 is 1.22 bits per heavy atom. The summed E-state index contributed by atoms with van der Waals surface area (Å²) in [5.41, 5.74) is 3.79. The van der Waals surface area contributed by atoms with Crippen molar-refractivity contribution in [1.82, 2.24) is 4.90 Å². The Bertz CT molecular complexity index is 859. The van der Waals surface area contributed by atoms with E-state index in [1.165, 1.54) is 0 Å². The molecule has 0 saturated heterocycles. The van der Waals surface area contributed by atoms with Crippen LogP contribution >= 0.6 is 0 Å². The average Bonchev–Trinajstić information content (AvgIpc) is 2.64. The van der Waals surface area contributed by atoms with Gasteiger partial charge in [-0.05, 0) is 41.2 Å². The van der Waals surface area contributed by atoms with Crippen LogP contribution in [-0.2, 0) is 16.1 Å². The maximum atomic E-state index is 12.7. The molecule has 1 aliphatic heterocycles. The second-order valence-electron chi connectivity index (χ2n) is 7.35. The predicted octanol–water partition coefficient (Wildman–Crippen LogP) is 3.71. The van der Waals surface area contributed by atoms with Crippen molar-refractivity contribution < 1.29 is 19.4 Å². The van der Waals surface area contributed by atoms with E-state index in [9.17, 15) is 14.7 Å². The van der Waals surface area contributed by atoms with Gasteiger partial charge in [-0.25, -0.2) is 0 Å². The van der Waals surface area contributed by atoms with Crippen LogP contribution in [0.15, 0.2) is 42.5 Å². The van der Waals surface area contributed by atoms with Crippen molar-refractivity contribution in [3.63, 3.8) is 0 Å². The zero-order valence-corrected chi connectivity index (χ0v) is 15.9. The van der Waals surface area contributed by atoms with E-state index in [2.05, 4.69) is 13.8 Å². The third-order valence-electron chi connectivity index (χ3n) is 4.99. The summed E-state index contributed by atoms with van der Waals surface area (Å²) in [5, 5.41) is 9.55. The van der Waals surface area contributed by atoms with Crippen molar-refractivity contribution in [2.24, 2.45) is 0 Å². The van der Waals surface area contributed by atoms with E-state index in [-0.39, 0.29) is 25.0 Å². The lowest BCUT2D eigenvalue weighted by atomic mass is 9.90. The molecule has 0 saturated carbocycles. The number of nitrogens with zero attached hydrogens (tertiary/aromatic N) is 1. The third kappa shape index (κ3) is 4.13. The molecule has 1 unspecified atom stereocenters. The van der Waals surface area contributed by atoms with Crippen LogP contribution in [0.3, 0.4) is 0 Å². The molecule has 27 heavy (non-hydrogen) atoms. The Hall–Kier alpha value is -2.82. The first-order valence-corrected chi connectivity index (χ1v) is 9.18. The maximum Gasteiger partial charge on any atom is 0.312 e. The van der Waals surface area contributed by atoms with Crippen LogP contribution < -0.4 is 4.74 Å². The number of fused-ring (bicyclic) bond motifs is 1. The lowest BCUT2D eigenvalue weighted by molar-refractivity contribution is -0.142. The second-order valence-corrected chi connectivity index (χ2v) is 7.35. The van der Waals surface area contributed by atoms with Gasteiger partial charge in [-0.15, -0.1) is 0 Å². The summed E-state index contributed by atoms with van der Waals surface area (Å²) in [6.45, 7) is 6.62. The van der Waals surface area contributed by atoms with Gasteiger partial charge in [0, 0.05) is 13.1 Å². The number of amides is 1. The molecule has 1 heterocycles. The van der Waals surface area contributed by atoms with Gasteiger partial charge in [0.15, 0.2) is 6.61 Å². The van der Waals surface area contributed by atoms with Crippen LogP contribution in [0, 0.1) is 6.92 Å². The first-order valence-electron chi connectivity index (χ1n) is 9.18. The number of benzene rings is 2. The molecule has 3 rings (SSSR count). The maximum absolute atomic E-state index is 12.7. The van der Waals surface area contributed by atoms with Crippen LogP contribution in [-0.4, -0.2) is 35.0 Å². The van der Waals surface area contributed by atoms with Gasteiger partial charge in [0.25, 0.3) is 5.91 Å². The lowest BCUT2D eigenvalue weighted by Gasteiger charge is -2.32. The molecule has 0 aromatic heterocycles. The number of hydrogen-bond donors (Lipinski definition) is 1. The molecular weight excluding hydrogens is 342 g/mol. The molecule has 142 valence electrons. The average molecular weight is 367 g/mol. The minimum atomic E-state index is -0.915. The Morgan fingerprint density at radius 3 is 2.67 bits per heavy atom. The molecule has 1 aliphatic rings. The van der Waals surface area contributed by atoms with Crippen molar-refractivity contribution in [1.29, 1.82) is 0 Å². The van der Waals surface area contributed by atoms with Gasteiger partial charge in [0.1, 0.15) is 5.75 Å². The second kappa shape index (κ2) is 7.82. The lowest BCUT2D eigenvalue weighted by Crippen LogP contribution is -2.42. The minimum Gasteiger partial charge on any atom is -0.483 e. The number of carboxylic acid groups (broad SMARTS) is 1. The fourth-order valence-corrected chi connectivity index (χ4v) is 3.48. The fraction of sp³-hybridized carbons (Fsp3) is 0.364. The summed E-state index contributed by atoms with van der Waals surface area (Å²) in [6, 6.07) is 13.4. The Balaban J connectivity index is 1.74. The smallest absolute Gasteiger partial charge is 0.312 e. The molecule has 0 bridgehead atoms. The number of carboxylic acids is 1. The monoisotopic (exact) mass is 367 g/mol. The summed E-state index contributed by atoms with van der Waals surface area (Å²) in [7, 11) is 0. The van der Waals surface area contributed by atoms with Crippen LogP contribution in [0.5, 0.6) is 5.75 Å². The van der Waals surface area contributed by atoms with Crippen molar-refractivity contribution in [3.05, 3.63) is 64.7 Å². The summed E-state index contributed by atoms with van der Waals surface area (Å²) in [4.78, 5) is 26.0. The van der Waals surface area contributed by atoms with Gasteiger partial charge >= 0.3 is 5.97 Å². The summed E-state index contributed by atoms with van der Waals surface area (Å²) in [5.74, 6) is -0.822. The Labute approximate surface area is 159 Å². The highest BCUT2D eigenvalue weighted by molar-refractivity contribution is 5.82. The fourth-order valence-electron chi connectivity index (χ4n) is 3.48. The number of carbonyl (C=O) groups excluding carboxylic acids is 1. The van der Waals surface area contributed by atoms with Gasteiger partial charge < -0.3 is 14.7 Å². The van der Waals surface area contributed by atoms with Gasteiger partial charge in [-0.1, -0.05) is 50.2 Å². The van der Waals surface area contributed by atoms with Crippen LogP contribution in [0.4, 0.5) is 0 Å². The number of carbonyl (C=O) groups is 2. The van der Waals surface area contributed by atoms with Gasteiger partial charge in [-0.2, -0.15) is 0 Å². The Kier molecular flexibility index (Phi) is 5.49. The molecule has 2 aromatic rings. The van der Waals surface area contributed by atoms with E-state index in [1.807, 2.05) is 49.4 Å². The highest BCUT2D eigenvalue weighted by Crippen LogP contribution is 2.30. The first-order chi connectivity index (χ1) is 12.9. The molecule has 0 radical (unpaired) electrons. The number of aliphatic carboxylic acids is 1. The van der Waals surface area contributed by atoms with E-state index < -0.39 is 11.9 Å². The predicted molar refractivity (Wildman–Crippen MR) is 103 cm³/mol. The molecule has 0 fully saturated rings. The molecule has 0 spiro atoms. The van der Waals surface area contributed by atoms with Gasteiger partial charge in [0.05, 0.1) is 5.92 Å². The van der Waals surface area contributed by atoms with Gasteiger partial charge in [0.2, 0.25) is 0 Å². The molecule has 2 aromatic carbocycles. The van der Waals surface area contributed by atoms with Crippen LogP contribution in [0.25, 0.3) is 0 Å². The van der Waals surface area contributed by atoms with Crippen molar-refractivity contribution in [2.75, 3.05) is 13.2 Å². The summed E-state index contributed by atoms with van der Waals surface area (Å²) < 4.78 is 5.84. The van der Waals surface area contributed by atoms with E-state index in [1.54, 1.807) is 4.90 Å². The molecule has 1 atom stereocenters. The molecule has 1 amide bonds. The molecular formula is C22H25NO4. The van der Waals surface area contributed by atoms with E-state index in [0.717, 1.165) is 22.3 Å². The van der Waals surface area contributed by atoms with E-state index in [4.69, 9.17) is 4.74 Å². The SMILES string of the molecule is Cc1ccc(C(C)C)c(OCC(=O)N2Cc3ccccc3C(C(=O)O)C2)c1.